The Bertz CT molecular complexity index is 752. The number of hydrogen-bond donors (Lipinski definition) is 0. The van der Waals surface area contributed by atoms with Crippen LogP contribution in [0, 0.1) is 5.92 Å². The molecule has 3 heteroatoms. The van der Waals surface area contributed by atoms with Gasteiger partial charge in [-0.1, -0.05) is 37.5 Å². The maximum atomic E-state index is 4.26. The number of likely N-dealkylation sites (tertiary alicyclic amines) is 1. The van der Waals surface area contributed by atoms with Gasteiger partial charge in [0.05, 0.1) is 0 Å². The lowest BCUT2D eigenvalue weighted by Gasteiger charge is -2.41. The standard InChI is InChI=1S/C26H35N3/c1-2-5-21(6-3-1)18-28-15-12-23(13-16-28)22-8-10-26(11-9-22)29-19-25(20-29)24-7-4-14-27-17-24/h4,7-11,14,17,21,23,25H,1-3,5-6,12-13,15-16,18-20H2. The second-order valence-corrected chi connectivity index (χ2v) is 9.56. The van der Waals surface area contributed by atoms with Crippen molar-refractivity contribution in [3.8, 4) is 0 Å². The number of rotatable bonds is 5. The first-order valence-corrected chi connectivity index (χ1v) is 11.8. The van der Waals surface area contributed by atoms with Gasteiger partial charge in [-0.15, -0.1) is 0 Å². The van der Waals surface area contributed by atoms with Gasteiger partial charge in [0.15, 0.2) is 0 Å². The van der Waals surface area contributed by atoms with Gasteiger partial charge in [-0.05, 0) is 79.9 Å². The van der Waals surface area contributed by atoms with Crippen molar-refractivity contribution >= 4 is 5.69 Å². The van der Waals surface area contributed by atoms with Crippen LogP contribution >= 0.6 is 0 Å². The van der Waals surface area contributed by atoms with Crippen LogP contribution in [0.25, 0.3) is 0 Å². The summed E-state index contributed by atoms with van der Waals surface area (Å²) in [5.41, 5.74) is 4.30. The SMILES string of the molecule is c1cncc(C2CN(c3ccc(C4CCN(CC5CCCCC5)CC4)cc3)C2)c1. The van der Waals surface area contributed by atoms with E-state index in [0.717, 1.165) is 24.9 Å². The van der Waals surface area contributed by atoms with Crippen LogP contribution in [0.4, 0.5) is 5.69 Å². The molecule has 1 saturated carbocycles. The summed E-state index contributed by atoms with van der Waals surface area (Å²) in [6.07, 6.45) is 13.9. The average molecular weight is 390 g/mol. The normalized spacial score (nSPS) is 22.6. The zero-order valence-corrected chi connectivity index (χ0v) is 17.7. The minimum atomic E-state index is 0.636. The molecule has 154 valence electrons. The fourth-order valence-corrected chi connectivity index (χ4v) is 5.66. The minimum absolute atomic E-state index is 0.636. The smallest absolute Gasteiger partial charge is 0.0366 e. The maximum absolute atomic E-state index is 4.26. The van der Waals surface area contributed by atoms with Gasteiger partial charge in [0.1, 0.15) is 0 Å². The van der Waals surface area contributed by atoms with Gasteiger partial charge in [-0.2, -0.15) is 0 Å². The molecule has 0 radical (unpaired) electrons. The molecule has 0 amide bonds. The number of aromatic nitrogens is 1. The Hall–Kier alpha value is -1.87. The largest absolute Gasteiger partial charge is 0.370 e. The Balaban J connectivity index is 1.10. The highest BCUT2D eigenvalue weighted by molar-refractivity contribution is 5.52. The summed E-state index contributed by atoms with van der Waals surface area (Å²) in [6, 6.07) is 13.8. The van der Waals surface area contributed by atoms with Gasteiger partial charge in [0.25, 0.3) is 0 Å². The molecule has 29 heavy (non-hydrogen) atoms. The molecule has 0 bridgehead atoms. The van der Waals surface area contributed by atoms with E-state index in [9.17, 15) is 0 Å². The first kappa shape index (κ1) is 19.1. The zero-order chi connectivity index (χ0) is 19.5. The monoisotopic (exact) mass is 389 g/mol. The third-order valence-electron chi connectivity index (χ3n) is 7.60. The maximum Gasteiger partial charge on any atom is 0.0366 e. The van der Waals surface area contributed by atoms with Gasteiger partial charge >= 0.3 is 0 Å². The molecule has 1 aliphatic carbocycles. The van der Waals surface area contributed by atoms with E-state index in [1.165, 1.54) is 75.8 Å². The zero-order valence-electron chi connectivity index (χ0n) is 17.7. The van der Waals surface area contributed by atoms with Crippen LogP contribution in [0.3, 0.4) is 0 Å². The highest BCUT2D eigenvalue weighted by atomic mass is 15.2. The molecule has 0 atom stereocenters. The molecule has 1 aromatic heterocycles. The Morgan fingerprint density at radius 2 is 1.55 bits per heavy atom. The summed E-state index contributed by atoms with van der Waals surface area (Å²) in [7, 11) is 0. The first-order valence-electron chi connectivity index (χ1n) is 11.8. The number of nitrogens with zero attached hydrogens (tertiary/aromatic N) is 3. The third kappa shape index (κ3) is 4.50. The topological polar surface area (TPSA) is 19.4 Å². The molecule has 3 heterocycles. The van der Waals surface area contributed by atoms with E-state index < -0.39 is 0 Å². The second-order valence-electron chi connectivity index (χ2n) is 9.56. The number of pyridine rings is 1. The quantitative estimate of drug-likeness (QED) is 0.678. The van der Waals surface area contributed by atoms with Crippen molar-refractivity contribution in [1.82, 2.24) is 9.88 Å². The predicted molar refractivity (Wildman–Crippen MR) is 121 cm³/mol. The number of anilines is 1. The summed E-state index contributed by atoms with van der Waals surface area (Å²) in [5.74, 6) is 2.37. The highest BCUT2D eigenvalue weighted by Gasteiger charge is 2.29. The van der Waals surface area contributed by atoms with E-state index in [-0.39, 0.29) is 0 Å². The molecule has 2 aromatic rings. The molecule has 0 spiro atoms. The molecular weight excluding hydrogens is 354 g/mol. The molecule has 2 aliphatic heterocycles. The minimum Gasteiger partial charge on any atom is -0.370 e. The lowest BCUT2D eigenvalue weighted by molar-refractivity contribution is 0.164. The second kappa shape index (κ2) is 8.87. The summed E-state index contributed by atoms with van der Waals surface area (Å²) >= 11 is 0. The predicted octanol–water partition coefficient (Wildman–Crippen LogP) is 5.45. The number of benzene rings is 1. The van der Waals surface area contributed by atoms with E-state index in [2.05, 4.69) is 45.1 Å². The fraction of sp³-hybridized carbons (Fsp3) is 0.577. The molecule has 0 N–H and O–H groups in total. The van der Waals surface area contributed by atoms with Crippen molar-refractivity contribution < 1.29 is 0 Å². The van der Waals surface area contributed by atoms with Crippen molar-refractivity contribution in [2.24, 2.45) is 5.92 Å². The lowest BCUT2D eigenvalue weighted by Crippen LogP contribution is -2.45. The van der Waals surface area contributed by atoms with E-state index in [1.54, 1.807) is 5.56 Å². The molecular formula is C26H35N3. The van der Waals surface area contributed by atoms with Crippen LogP contribution < -0.4 is 4.90 Å². The van der Waals surface area contributed by atoms with Crippen LogP contribution in [-0.4, -0.2) is 42.6 Å². The number of hydrogen-bond acceptors (Lipinski definition) is 3. The Morgan fingerprint density at radius 1 is 0.793 bits per heavy atom. The van der Waals surface area contributed by atoms with E-state index in [4.69, 9.17) is 0 Å². The molecule has 3 aliphatic rings. The van der Waals surface area contributed by atoms with E-state index in [1.807, 2.05) is 18.5 Å². The van der Waals surface area contributed by atoms with Crippen molar-refractivity contribution in [2.75, 3.05) is 37.6 Å². The molecule has 5 rings (SSSR count). The van der Waals surface area contributed by atoms with E-state index in [0.29, 0.717) is 5.92 Å². The van der Waals surface area contributed by atoms with E-state index >= 15 is 0 Å². The van der Waals surface area contributed by atoms with Gasteiger partial charge in [-0.3, -0.25) is 4.98 Å². The van der Waals surface area contributed by atoms with Crippen molar-refractivity contribution in [3.63, 3.8) is 0 Å². The van der Waals surface area contributed by atoms with Crippen molar-refractivity contribution in [1.29, 1.82) is 0 Å². The van der Waals surface area contributed by atoms with Crippen LogP contribution in [0.5, 0.6) is 0 Å². The Labute approximate surface area is 176 Å². The van der Waals surface area contributed by atoms with Gasteiger partial charge in [-0.25, -0.2) is 0 Å². The summed E-state index contributed by atoms with van der Waals surface area (Å²) in [5, 5.41) is 0. The molecule has 2 saturated heterocycles. The van der Waals surface area contributed by atoms with Gasteiger partial charge in [0, 0.05) is 43.6 Å². The highest BCUT2D eigenvalue weighted by Crippen LogP contribution is 2.34. The van der Waals surface area contributed by atoms with Crippen molar-refractivity contribution in [2.45, 2.75) is 56.8 Å². The van der Waals surface area contributed by atoms with Crippen LogP contribution in [0.15, 0.2) is 48.8 Å². The molecule has 0 unspecified atom stereocenters. The number of piperidine rings is 1. The molecule has 3 fully saturated rings. The van der Waals surface area contributed by atoms with Gasteiger partial charge in [0.2, 0.25) is 0 Å². The van der Waals surface area contributed by atoms with Crippen molar-refractivity contribution in [3.05, 3.63) is 59.9 Å². The lowest BCUT2D eigenvalue weighted by atomic mass is 9.86. The summed E-state index contributed by atoms with van der Waals surface area (Å²) in [4.78, 5) is 9.51. The fourth-order valence-electron chi connectivity index (χ4n) is 5.66. The average Bonchev–Trinajstić information content (AvgIpc) is 2.75. The van der Waals surface area contributed by atoms with Gasteiger partial charge < -0.3 is 9.80 Å². The molecule has 3 nitrogen and oxygen atoms in total. The summed E-state index contributed by atoms with van der Waals surface area (Å²) < 4.78 is 0. The third-order valence-corrected chi connectivity index (χ3v) is 7.60. The molecule has 1 aromatic carbocycles. The van der Waals surface area contributed by atoms with Crippen LogP contribution in [-0.2, 0) is 0 Å². The Morgan fingerprint density at radius 3 is 2.24 bits per heavy atom. The van der Waals surface area contributed by atoms with Crippen LogP contribution in [0.1, 0.15) is 67.9 Å². The van der Waals surface area contributed by atoms with Crippen LogP contribution in [0.2, 0.25) is 0 Å². The summed E-state index contributed by atoms with van der Waals surface area (Å²) in [6.45, 7) is 6.18. The first-order chi connectivity index (χ1) is 14.3. The Kier molecular flexibility index (Phi) is 5.85.